The first-order valence-electron chi connectivity index (χ1n) is 8.63. The average molecular weight is 430 g/mol. The lowest BCUT2D eigenvalue weighted by molar-refractivity contribution is 0.500. The van der Waals surface area contributed by atoms with E-state index < -0.39 is 0 Å². The van der Waals surface area contributed by atoms with Crippen LogP contribution in [0.4, 0.5) is 0 Å². The lowest BCUT2D eigenvalue weighted by Gasteiger charge is -2.20. The number of nitrogens with zero attached hydrogens (tertiary/aromatic N) is 2. The molecule has 0 aliphatic heterocycles. The fourth-order valence-corrected chi connectivity index (χ4v) is 3.17. The number of guanidine groups is 1. The summed E-state index contributed by atoms with van der Waals surface area (Å²) >= 11 is 0. The van der Waals surface area contributed by atoms with E-state index in [9.17, 15) is 0 Å². The van der Waals surface area contributed by atoms with E-state index in [2.05, 4.69) is 35.2 Å². The summed E-state index contributed by atoms with van der Waals surface area (Å²) in [5.41, 5.74) is 7.34. The van der Waals surface area contributed by atoms with Crippen molar-refractivity contribution in [1.29, 1.82) is 0 Å². The maximum atomic E-state index is 6.11. The summed E-state index contributed by atoms with van der Waals surface area (Å²) in [7, 11) is 0. The zero-order chi connectivity index (χ0) is 15.8. The molecule has 0 bridgehead atoms. The predicted octanol–water partition coefficient (Wildman–Crippen LogP) is 4.07. The van der Waals surface area contributed by atoms with Gasteiger partial charge in [0, 0.05) is 30.9 Å². The first kappa shape index (κ1) is 20.2. The van der Waals surface area contributed by atoms with Crippen molar-refractivity contribution in [2.75, 3.05) is 6.54 Å². The quantitative estimate of drug-likeness (QED) is 0.321. The van der Waals surface area contributed by atoms with E-state index >= 15 is 0 Å². The van der Waals surface area contributed by atoms with Crippen molar-refractivity contribution in [3.05, 3.63) is 30.1 Å². The molecule has 0 spiro atoms. The molecule has 1 aliphatic carbocycles. The average Bonchev–Trinajstić information content (AvgIpc) is 2.77. The monoisotopic (exact) mass is 430 g/mol. The van der Waals surface area contributed by atoms with E-state index in [1.54, 1.807) is 0 Å². The predicted molar refractivity (Wildman–Crippen MR) is 108 cm³/mol. The second kappa shape index (κ2) is 10.8. The number of pyridine rings is 1. The van der Waals surface area contributed by atoms with Gasteiger partial charge in [-0.3, -0.25) is 9.98 Å². The van der Waals surface area contributed by atoms with Crippen LogP contribution in [0.2, 0.25) is 0 Å². The molecule has 1 aromatic heterocycles. The molecule has 0 radical (unpaired) electrons. The van der Waals surface area contributed by atoms with Crippen LogP contribution >= 0.6 is 24.0 Å². The van der Waals surface area contributed by atoms with E-state index in [0.717, 1.165) is 6.54 Å². The number of hydrogen-bond acceptors (Lipinski definition) is 2. The number of aliphatic imine (C=N–C) groups is 1. The summed E-state index contributed by atoms with van der Waals surface area (Å²) in [6.07, 6.45) is 11.5. The molecule has 1 heterocycles. The zero-order valence-corrected chi connectivity index (χ0v) is 16.7. The molecule has 0 amide bonds. The van der Waals surface area contributed by atoms with Gasteiger partial charge >= 0.3 is 0 Å². The van der Waals surface area contributed by atoms with E-state index in [0.29, 0.717) is 23.8 Å². The van der Waals surface area contributed by atoms with E-state index in [1.807, 2.05) is 18.5 Å². The molecule has 1 atom stereocenters. The Bertz CT molecular complexity index is 453. The minimum atomic E-state index is 0. The highest BCUT2D eigenvalue weighted by Gasteiger charge is 2.16. The summed E-state index contributed by atoms with van der Waals surface area (Å²) < 4.78 is 0. The fourth-order valence-electron chi connectivity index (χ4n) is 3.17. The van der Waals surface area contributed by atoms with E-state index in [1.165, 1.54) is 44.1 Å². The van der Waals surface area contributed by atoms with Crippen LogP contribution in [0, 0.1) is 5.92 Å². The maximum absolute atomic E-state index is 6.11. The molecule has 2 rings (SSSR count). The van der Waals surface area contributed by atoms with Gasteiger partial charge in [-0.15, -0.1) is 24.0 Å². The van der Waals surface area contributed by atoms with Crippen LogP contribution in [-0.2, 0) is 0 Å². The SMILES string of the molecule is CC(C)C(CN=C(N)NC1CCCCCC1)c1cccnc1.I. The molecule has 4 nitrogen and oxygen atoms in total. The van der Waals surface area contributed by atoms with Crippen molar-refractivity contribution in [2.24, 2.45) is 16.6 Å². The Morgan fingerprint density at radius 1 is 1.30 bits per heavy atom. The highest BCUT2D eigenvalue weighted by atomic mass is 127. The van der Waals surface area contributed by atoms with Crippen molar-refractivity contribution >= 4 is 29.9 Å². The van der Waals surface area contributed by atoms with Gasteiger partial charge in [0.15, 0.2) is 5.96 Å². The highest BCUT2D eigenvalue weighted by molar-refractivity contribution is 14.0. The van der Waals surface area contributed by atoms with Crippen LogP contribution in [0.3, 0.4) is 0 Å². The van der Waals surface area contributed by atoms with Crippen molar-refractivity contribution < 1.29 is 0 Å². The van der Waals surface area contributed by atoms with Crippen LogP contribution in [0.15, 0.2) is 29.5 Å². The molecule has 3 N–H and O–H groups in total. The number of aromatic nitrogens is 1. The van der Waals surface area contributed by atoms with Gasteiger partial charge in [0.05, 0.1) is 0 Å². The minimum absolute atomic E-state index is 0. The second-order valence-electron chi connectivity index (χ2n) is 6.70. The van der Waals surface area contributed by atoms with Crippen molar-refractivity contribution in [1.82, 2.24) is 10.3 Å². The Balaban J connectivity index is 0.00000264. The minimum Gasteiger partial charge on any atom is -0.370 e. The first-order valence-corrected chi connectivity index (χ1v) is 8.63. The molecular weight excluding hydrogens is 399 g/mol. The van der Waals surface area contributed by atoms with Crippen molar-refractivity contribution in [3.8, 4) is 0 Å². The topological polar surface area (TPSA) is 63.3 Å². The van der Waals surface area contributed by atoms with E-state index in [-0.39, 0.29) is 24.0 Å². The van der Waals surface area contributed by atoms with Crippen molar-refractivity contribution in [2.45, 2.75) is 64.3 Å². The third kappa shape index (κ3) is 7.06. The Morgan fingerprint density at radius 3 is 2.57 bits per heavy atom. The summed E-state index contributed by atoms with van der Waals surface area (Å²) in [5.74, 6) is 1.48. The van der Waals surface area contributed by atoms with Gasteiger partial charge in [-0.1, -0.05) is 45.6 Å². The molecule has 5 heteroatoms. The van der Waals surface area contributed by atoms with Gasteiger partial charge in [-0.25, -0.2) is 0 Å². The van der Waals surface area contributed by atoms with Crippen LogP contribution in [0.5, 0.6) is 0 Å². The smallest absolute Gasteiger partial charge is 0.188 e. The van der Waals surface area contributed by atoms with Crippen LogP contribution in [0.1, 0.15) is 63.9 Å². The van der Waals surface area contributed by atoms with Crippen molar-refractivity contribution in [3.63, 3.8) is 0 Å². The fraction of sp³-hybridized carbons (Fsp3) is 0.667. The summed E-state index contributed by atoms with van der Waals surface area (Å²) in [6, 6.07) is 4.62. The number of rotatable bonds is 5. The summed E-state index contributed by atoms with van der Waals surface area (Å²) in [5, 5.41) is 3.42. The number of halogens is 1. The van der Waals surface area contributed by atoms with Gasteiger partial charge in [0.1, 0.15) is 0 Å². The van der Waals surface area contributed by atoms with Gasteiger partial charge < -0.3 is 11.1 Å². The largest absolute Gasteiger partial charge is 0.370 e. The molecule has 1 saturated carbocycles. The number of hydrogen-bond donors (Lipinski definition) is 2. The molecule has 23 heavy (non-hydrogen) atoms. The molecule has 0 saturated heterocycles. The summed E-state index contributed by atoms with van der Waals surface area (Å²) in [6.45, 7) is 5.17. The molecule has 130 valence electrons. The maximum Gasteiger partial charge on any atom is 0.188 e. The van der Waals surface area contributed by atoms with Crippen LogP contribution in [0.25, 0.3) is 0 Å². The second-order valence-corrected chi connectivity index (χ2v) is 6.70. The van der Waals surface area contributed by atoms with Gasteiger partial charge in [0.25, 0.3) is 0 Å². The lowest BCUT2D eigenvalue weighted by Crippen LogP contribution is -2.40. The lowest BCUT2D eigenvalue weighted by atomic mass is 9.89. The van der Waals surface area contributed by atoms with Gasteiger partial charge in [-0.2, -0.15) is 0 Å². The van der Waals surface area contributed by atoms with Gasteiger partial charge in [-0.05, 0) is 30.4 Å². The molecule has 1 fully saturated rings. The third-order valence-electron chi connectivity index (χ3n) is 4.58. The molecule has 1 aliphatic rings. The Kier molecular flexibility index (Phi) is 9.52. The Morgan fingerprint density at radius 2 is 2.00 bits per heavy atom. The van der Waals surface area contributed by atoms with Crippen LogP contribution < -0.4 is 11.1 Å². The zero-order valence-electron chi connectivity index (χ0n) is 14.4. The molecule has 0 aromatic carbocycles. The Hall–Kier alpha value is -0.850. The molecule has 1 unspecified atom stereocenters. The standard InChI is InChI=1S/C18H30N4.HI/c1-14(2)17(15-8-7-11-20-12-15)13-21-18(19)22-16-9-5-3-4-6-10-16;/h7-8,11-12,14,16-17H,3-6,9-10,13H2,1-2H3,(H3,19,21,22);1H. The van der Waals surface area contributed by atoms with Crippen LogP contribution in [-0.4, -0.2) is 23.5 Å². The summed E-state index contributed by atoms with van der Waals surface area (Å²) in [4.78, 5) is 8.83. The Labute approximate surface area is 157 Å². The molecular formula is C18H31IN4. The number of nitrogens with two attached hydrogens (primary N) is 1. The van der Waals surface area contributed by atoms with E-state index in [4.69, 9.17) is 5.73 Å². The normalized spacial score (nSPS) is 18.1. The van der Waals surface area contributed by atoms with Gasteiger partial charge in [0.2, 0.25) is 0 Å². The number of nitrogens with one attached hydrogen (secondary N) is 1. The first-order chi connectivity index (χ1) is 10.7. The molecule has 1 aromatic rings. The third-order valence-corrected chi connectivity index (χ3v) is 4.58. The highest BCUT2D eigenvalue weighted by Crippen LogP contribution is 2.24.